The fourth-order valence-electron chi connectivity index (χ4n) is 5.13. The zero-order chi connectivity index (χ0) is 24.3. The van der Waals surface area contributed by atoms with Crippen LogP contribution < -0.4 is 5.32 Å². The second kappa shape index (κ2) is 12.1. The number of benzene rings is 2. The van der Waals surface area contributed by atoms with Gasteiger partial charge in [0.2, 0.25) is 5.91 Å². The lowest BCUT2D eigenvalue weighted by Crippen LogP contribution is -2.62. The number of carbonyl (C=O) groups is 1. The highest BCUT2D eigenvalue weighted by molar-refractivity contribution is 6.30. The van der Waals surface area contributed by atoms with E-state index in [0.29, 0.717) is 6.54 Å². The van der Waals surface area contributed by atoms with Crippen LogP contribution in [0.5, 0.6) is 0 Å². The highest BCUT2D eigenvalue weighted by Crippen LogP contribution is 2.35. The van der Waals surface area contributed by atoms with Gasteiger partial charge >= 0.3 is 0 Å². The fraction of sp³-hybridized carbons (Fsp3) is 0.536. The Kier molecular flexibility index (Phi) is 9.64. The van der Waals surface area contributed by atoms with E-state index in [1.807, 2.05) is 24.3 Å². The van der Waals surface area contributed by atoms with Crippen LogP contribution in [0.2, 0.25) is 10.0 Å². The predicted molar refractivity (Wildman–Crippen MR) is 147 cm³/mol. The van der Waals surface area contributed by atoms with E-state index in [-0.39, 0.29) is 30.8 Å². The van der Waals surface area contributed by atoms with E-state index in [1.165, 1.54) is 11.1 Å². The average molecular weight is 520 g/mol. The van der Waals surface area contributed by atoms with Gasteiger partial charge in [0, 0.05) is 61.9 Å². The molecule has 0 saturated carbocycles. The Hall–Kier alpha value is -1.63. The van der Waals surface area contributed by atoms with Gasteiger partial charge in [-0.05, 0) is 40.8 Å². The summed E-state index contributed by atoms with van der Waals surface area (Å²) in [7, 11) is 0. The maximum Gasteiger partial charge on any atom is 0.237 e. The number of hydrogen-bond donors (Lipinski definition) is 1. The van der Waals surface area contributed by atoms with Crippen molar-refractivity contribution in [1.82, 2.24) is 20.0 Å². The summed E-state index contributed by atoms with van der Waals surface area (Å²) in [6.45, 7) is 13.4. The molecule has 4 rings (SSSR count). The molecule has 2 aromatic carbocycles. The zero-order valence-corrected chi connectivity index (χ0v) is 21.9. The first-order valence-corrected chi connectivity index (χ1v) is 13.0. The molecule has 1 amide bonds. The standard InChI is InChI=1S/C27H36Cl2N4O.CH4/c1-27(2,3)24-18-32(16-17-33(24)25(34)19-31-14-12-30-13-15-31)26(20-4-8-22(28)9-5-20)21-6-10-23(29)11-7-21;/h4-11,24,26,30H,12-19H2,1-3H3;1H4/t24-;/m1./s1. The lowest BCUT2D eigenvalue weighted by atomic mass is 9.83. The second-order valence-electron chi connectivity index (χ2n) is 10.5. The molecule has 35 heavy (non-hydrogen) atoms. The van der Waals surface area contributed by atoms with Crippen LogP contribution in [0.15, 0.2) is 48.5 Å². The number of nitrogens with one attached hydrogen (secondary N) is 1. The minimum Gasteiger partial charge on any atom is -0.336 e. The molecule has 0 bridgehead atoms. The maximum atomic E-state index is 13.4. The summed E-state index contributed by atoms with van der Waals surface area (Å²) in [6, 6.07) is 16.4. The van der Waals surface area contributed by atoms with Crippen molar-refractivity contribution < 1.29 is 4.79 Å². The molecule has 0 spiro atoms. The van der Waals surface area contributed by atoms with E-state index in [4.69, 9.17) is 23.2 Å². The van der Waals surface area contributed by atoms with Crippen LogP contribution in [0.1, 0.15) is 45.4 Å². The normalized spacial score (nSPS) is 20.1. The van der Waals surface area contributed by atoms with Crippen molar-refractivity contribution >= 4 is 29.1 Å². The Bertz CT molecular complexity index is 907. The lowest BCUT2D eigenvalue weighted by Gasteiger charge is -2.50. The van der Waals surface area contributed by atoms with Crippen molar-refractivity contribution in [2.45, 2.75) is 40.3 Å². The van der Waals surface area contributed by atoms with Gasteiger partial charge in [0.05, 0.1) is 12.6 Å². The average Bonchev–Trinajstić information content (AvgIpc) is 2.82. The van der Waals surface area contributed by atoms with Crippen molar-refractivity contribution in [1.29, 1.82) is 0 Å². The molecule has 5 nitrogen and oxygen atoms in total. The van der Waals surface area contributed by atoms with Gasteiger partial charge in [0.1, 0.15) is 0 Å². The molecule has 2 aromatic rings. The summed E-state index contributed by atoms with van der Waals surface area (Å²) in [5, 5.41) is 4.83. The number of halogens is 2. The Morgan fingerprint density at radius 3 is 1.91 bits per heavy atom. The van der Waals surface area contributed by atoms with Crippen molar-refractivity contribution in [2.75, 3.05) is 52.4 Å². The topological polar surface area (TPSA) is 38.8 Å². The molecule has 2 aliphatic heterocycles. The van der Waals surface area contributed by atoms with Crippen molar-refractivity contribution in [3.63, 3.8) is 0 Å². The highest BCUT2D eigenvalue weighted by atomic mass is 35.5. The van der Waals surface area contributed by atoms with E-state index in [0.717, 1.165) is 55.9 Å². The van der Waals surface area contributed by atoms with Crippen LogP contribution in [0.3, 0.4) is 0 Å². The molecule has 0 radical (unpaired) electrons. The summed E-state index contributed by atoms with van der Waals surface area (Å²) in [6.07, 6.45) is 0. The first-order chi connectivity index (χ1) is 16.2. The number of carbonyl (C=O) groups excluding carboxylic acids is 1. The van der Waals surface area contributed by atoms with Gasteiger partial charge in [-0.3, -0.25) is 14.6 Å². The first kappa shape index (κ1) is 27.9. The van der Waals surface area contributed by atoms with Crippen LogP contribution in [-0.2, 0) is 4.79 Å². The van der Waals surface area contributed by atoms with Gasteiger partial charge in [-0.2, -0.15) is 0 Å². The minimum absolute atomic E-state index is 0. The van der Waals surface area contributed by atoms with Gasteiger partial charge in [0.25, 0.3) is 0 Å². The van der Waals surface area contributed by atoms with Crippen molar-refractivity contribution in [3.05, 3.63) is 69.7 Å². The van der Waals surface area contributed by atoms with Gasteiger partial charge in [0.15, 0.2) is 0 Å². The number of amides is 1. The Labute approximate surface area is 221 Å². The van der Waals surface area contributed by atoms with Gasteiger partial charge < -0.3 is 10.2 Å². The molecule has 1 N–H and O–H groups in total. The third-order valence-electron chi connectivity index (χ3n) is 7.04. The van der Waals surface area contributed by atoms with Gasteiger partial charge in [-0.15, -0.1) is 0 Å². The van der Waals surface area contributed by atoms with Crippen LogP contribution in [0.4, 0.5) is 0 Å². The quantitative estimate of drug-likeness (QED) is 0.591. The third kappa shape index (κ3) is 6.99. The number of piperazine rings is 2. The van der Waals surface area contributed by atoms with E-state index in [1.54, 1.807) is 0 Å². The lowest BCUT2D eigenvalue weighted by molar-refractivity contribution is -0.141. The Morgan fingerprint density at radius 2 is 1.43 bits per heavy atom. The molecule has 0 aromatic heterocycles. The Balaban J connectivity index is 0.00000342. The SMILES string of the molecule is C.CC(C)(C)[C@H]1CN(C(c2ccc(Cl)cc2)c2ccc(Cl)cc2)CCN1C(=O)CN1CCNCC1. The van der Waals surface area contributed by atoms with Crippen molar-refractivity contribution in [3.8, 4) is 0 Å². The molecule has 2 saturated heterocycles. The largest absolute Gasteiger partial charge is 0.336 e. The van der Waals surface area contributed by atoms with E-state index < -0.39 is 0 Å². The summed E-state index contributed by atoms with van der Waals surface area (Å²) in [5.74, 6) is 0.246. The fourth-order valence-corrected chi connectivity index (χ4v) is 5.39. The summed E-state index contributed by atoms with van der Waals surface area (Å²) in [4.78, 5) is 20.4. The predicted octanol–water partition coefficient (Wildman–Crippen LogP) is 5.18. The number of hydrogen-bond acceptors (Lipinski definition) is 4. The summed E-state index contributed by atoms with van der Waals surface area (Å²) in [5.41, 5.74) is 2.35. The molecule has 7 heteroatoms. The number of rotatable bonds is 5. The zero-order valence-electron chi connectivity index (χ0n) is 20.4. The molecule has 192 valence electrons. The van der Waals surface area contributed by atoms with Crippen molar-refractivity contribution in [2.24, 2.45) is 5.41 Å². The maximum absolute atomic E-state index is 13.4. The smallest absolute Gasteiger partial charge is 0.237 e. The Morgan fingerprint density at radius 1 is 0.914 bits per heavy atom. The molecular weight excluding hydrogens is 479 g/mol. The van der Waals surface area contributed by atoms with Crippen LogP contribution in [0, 0.1) is 5.41 Å². The molecule has 2 heterocycles. The van der Waals surface area contributed by atoms with Gasteiger partial charge in [-0.25, -0.2) is 0 Å². The highest BCUT2D eigenvalue weighted by Gasteiger charge is 2.40. The van der Waals surface area contributed by atoms with E-state index in [2.05, 4.69) is 65.1 Å². The molecule has 2 fully saturated rings. The molecule has 1 atom stereocenters. The monoisotopic (exact) mass is 518 g/mol. The van der Waals surface area contributed by atoms with E-state index in [9.17, 15) is 4.79 Å². The van der Waals surface area contributed by atoms with Crippen LogP contribution in [-0.4, -0.2) is 79.0 Å². The van der Waals surface area contributed by atoms with Crippen LogP contribution >= 0.6 is 23.2 Å². The van der Waals surface area contributed by atoms with Crippen LogP contribution in [0.25, 0.3) is 0 Å². The molecule has 2 aliphatic rings. The first-order valence-electron chi connectivity index (χ1n) is 12.2. The van der Waals surface area contributed by atoms with E-state index >= 15 is 0 Å². The minimum atomic E-state index is -0.0394. The third-order valence-corrected chi connectivity index (χ3v) is 7.54. The summed E-state index contributed by atoms with van der Waals surface area (Å²) >= 11 is 12.4. The molecule has 0 unspecified atom stereocenters. The molecule has 0 aliphatic carbocycles. The molecular formula is C28H40Cl2N4O. The van der Waals surface area contributed by atoms with Gasteiger partial charge in [-0.1, -0.05) is 75.7 Å². The summed E-state index contributed by atoms with van der Waals surface area (Å²) < 4.78 is 0. The number of nitrogens with zero attached hydrogens (tertiary/aromatic N) is 3. The second-order valence-corrected chi connectivity index (χ2v) is 11.4.